The Bertz CT molecular complexity index is 571. The molecule has 1 aliphatic heterocycles. The SMILES string of the molecule is Cc1cc(Br)c(F)cc1NS(=O)(=O)N1CCCCC1. The van der Waals surface area contributed by atoms with E-state index in [9.17, 15) is 12.8 Å². The van der Waals surface area contributed by atoms with Crippen molar-refractivity contribution < 1.29 is 12.8 Å². The first-order valence-electron chi connectivity index (χ1n) is 6.14. The first-order chi connectivity index (χ1) is 8.90. The predicted molar refractivity (Wildman–Crippen MR) is 76.8 cm³/mol. The van der Waals surface area contributed by atoms with Crippen LogP contribution in [0.3, 0.4) is 0 Å². The maximum Gasteiger partial charge on any atom is 0.301 e. The van der Waals surface area contributed by atoms with E-state index >= 15 is 0 Å². The number of hydrogen-bond acceptors (Lipinski definition) is 2. The molecule has 0 amide bonds. The molecule has 1 N–H and O–H groups in total. The number of nitrogens with zero attached hydrogens (tertiary/aromatic N) is 1. The Balaban J connectivity index is 2.22. The van der Waals surface area contributed by atoms with Gasteiger partial charge in [0.15, 0.2) is 0 Å². The number of halogens is 2. The fraction of sp³-hybridized carbons (Fsp3) is 0.500. The van der Waals surface area contributed by atoms with Crippen molar-refractivity contribution >= 4 is 31.8 Å². The summed E-state index contributed by atoms with van der Waals surface area (Å²) in [6.07, 6.45) is 2.79. The molecule has 7 heteroatoms. The third-order valence-electron chi connectivity index (χ3n) is 3.16. The highest BCUT2D eigenvalue weighted by Crippen LogP contribution is 2.25. The van der Waals surface area contributed by atoms with Crippen LogP contribution < -0.4 is 4.72 Å². The lowest BCUT2D eigenvalue weighted by Gasteiger charge is -2.26. The normalized spacial score (nSPS) is 17.4. The number of nitrogens with one attached hydrogen (secondary N) is 1. The fourth-order valence-corrected chi connectivity index (χ4v) is 3.89. The number of rotatable bonds is 3. The first kappa shape index (κ1) is 14.7. The van der Waals surface area contributed by atoms with Crippen LogP contribution in [0.5, 0.6) is 0 Å². The third kappa shape index (κ3) is 3.46. The predicted octanol–water partition coefficient (Wildman–Crippen LogP) is 3.04. The quantitative estimate of drug-likeness (QED) is 0.910. The average Bonchev–Trinajstić information content (AvgIpc) is 2.37. The molecule has 1 aliphatic rings. The topological polar surface area (TPSA) is 49.4 Å². The van der Waals surface area contributed by atoms with E-state index in [1.54, 1.807) is 13.0 Å². The Labute approximate surface area is 121 Å². The third-order valence-corrected chi connectivity index (χ3v) is 5.29. The number of benzene rings is 1. The molecule has 1 heterocycles. The standard InChI is InChI=1S/C12H16BrFN2O2S/c1-9-7-10(13)11(14)8-12(9)15-19(17,18)16-5-3-2-4-6-16/h7-8,15H,2-6H2,1H3. The summed E-state index contributed by atoms with van der Waals surface area (Å²) in [4.78, 5) is 0. The van der Waals surface area contributed by atoms with Gasteiger partial charge < -0.3 is 0 Å². The molecule has 1 aromatic rings. The van der Waals surface area contributed by atoms with Gasteiger partial charge in [0.05, 0.1) is 10.2 Å². The first-order valence-corrected chi connectivity index (χ1v) is 8.37. The van der Waals surface area contributed by atoms with Gasteiger partial charge in [0.25, 0.3) is 0 Å². The summed E-state index contributed by atoms with van der Waals surface area (Å²) in [7, 11) is -3.59. The fourth-order valence-electron chi connectivity index (χ4n) is 2.06. The van der Waals surface area contributed by atoms with Crippen LogP contribution >= 0.6 is 15.9 Å². The van der Waals surface area contributed by atoms with Gasteiger partial charge in [-0.15, -0.1) is 0 Å². The molecule has 0 atom stereocenters. The molecule has 1 saturated heterocycles. The van der Waals surface area contributed by atoms with Crippen LogP contribution in [0.1, 0.15) is 24.8 Å². The van der Waals surface area contributed by atoms with Gasteiger partial charge in [-0.25, -0.2) is 4.39 Å². The summed E-state index contributed by atoms with van der Waals surface area (Å²) < 4.78 is 42.0. The summed E-state index contributed by atoms with van der Waals surface area (Å²) in [6, 6.07) is 2.75. The van der Waals surface area contributed by atoms with Gasteiger partial charge >= 0.3 is 10.2 Å². The lowest BCUT2D eigenvalue weighted by molar-refractivity contribution is 0.349. The molecule has 1 aromatic carbocycles. The van der Waals surface area contributed by atoms with Gasteiger partial charge in [-0.1, -0.05) is 6.42 Å². The summed E-state index contributed by atoms with van der Waals surface area (Å²) in [6.45, 7) is 2.78. The van der Waals surface area contributed by atoms with E-state index < -0.39 is 16.0 Å². The van der Waals surface area contributed by atoms with E-state index in [1.165, 1.54) is 10.4 Å². The minimum absolute atomic E-state index is 0.284. The van der Waals surface area contributed by atoms with Crippen LogP contribution in [0, 0.1) is 12.7 Å². The number of aryl methyl sites for hydroxylation is 1. The highest BCUT2D eigenvalue weighted by Gasteiger charge is 2.24. The average molecular weight is 351 g/mol. The molecule has 0 aliphatic carbocycles. The molecule has 0 aromatic heterocycles. The van der Waals surface area contributed by atoms with E-state index in [0.717, 1.165) is 19.3 Å². The molecule has 106 valence electrons. The van der Waals surface area contributed by atoms with E-state index in [-0.39, 0.29) is 5.69 Å². The van der Waals surface area contributed by atoms with Crippen molar-refractivity contribution in [2.75, 3.05) is 17.8 Å². The molecule has 0 spiro atoms. The summed E-state index contributed by atoms with van der Waals surface area (Å²) in [5.41, 5.74) is 0.958. The van der Waals surface area contributed by atoms with Crippen molar-refractivity contribution in [3.63, 3.8) is 0 Å². The van der Waals surface area contributed by atoms with E-state index in [0.29, 0.717) is 23.1 Å². The van der Waals surface area contributed by atoms with Gasteiger partial charge in [0.2, 0.25) is 0 Å². The monoisotopic (exact) mass is 350 g/mol. The minimum atomic E-state index is -3.59. The number of piperidine rings is 1. The van der Waals surface area contributed by atoms with Crippen molar-refractivity contribution in [1.29, 1.82) is 0 Å². The van der Waals surface area contributed by atoms with Gasteiger partial charge in [0.1, 0.15) is 5.82 Å². The Hall–Kier alpha value is -0.660. The van der Waals surface area contributed by atoms with Gasteiger partial charge in [-0.3, -0.25) is 4.72 Å². The van der Waals surface area contributed by atoms with Gasteiger partial charge in [-0.2, -0.15) is 12.7 Å². The van der Waals surface area contributed by atoms with E-state index in [1.807, 2.05) is 0 Å². The lowest BCUT2D eigenvalue weighted by atomic mass is 10.2. The maximum atomic E-state index is 13.5. The van der Waals surface area contributed by atoms with E-state index in [2.05, 4.69) is 20.7 Å². The largest absolute Gasteiger partial charge is 0.301 e. The molecule has 4 nitrogen and oxygen atoms in total. The number of anilines is 1. The molecule has 2 rings (SSSR count). The molecule has 0 bridgehead atoms. The highest BCUT2D eigenvalue weighted by molar-refractivity contribution is 9.10. The van der Waals surface area contributed by atoms with Crippen molar-refractivity contribution in [2.24, 2.45) is 0 Å². The smallest absolute Gasteiger partial charge is 0.271 e. The lowest BCUT2D eigenvalue weighted by Crippen LogP contribution is -2.39. The summed E-state index contributed by atoms with van der Waals surface area (Å²) in [5, 5.41) is 0. The second-order valence-corrected chi connectivity index (χ2v) is 7.17. The number of hydrogen-bond donors (Lipinski definition) is 1. The Kier molecular flexibility index (Phi) is 4.47. The van der Waals surface area contributed by atoms with Crippen LogP contribution in [0.15, 0.2) is 16.6 Å². The maximum absolute atomic E-state index is 13.5. The van der Waals surface area contributed by atoms with Crippen LogP contribution in [0.2, 0.25) is 0 Å². The molecule has 19 heavy (non-hydrogen) atoms. The summed E-state index contributed by atoms with van der Waals surface area (Å²) >= 11 is 3.07. The second-order valence-electron chi connectivity index (χ2n) is 4.65. The molecular formula is C12H16BrFN2O2S. The summed E-state index contributed by atoms with van der Waals surface area (Å²) in [5.74, 6) is -0.484. The molecule has 1 fully saturated rings. The van der Waals surface area contributed by atoms with E-state index in [4.69, 9.17) is 0 Å². The zero-order valence-corrected chi connectivity index (χ0v) is 13.0. The molecule has 0 saturated carbocycles. The zero-order chi connectivity index (χ0) is 14.0. The highest BCUT2D eigenvalue weighted by atomic mass is 79.9. The van der Waals surface area contributed by atoms with Crippen LogP contribution in [-0.4, -0.2) is 25.8 Å². The van der Waals surface area contributed by atoms with Gasteiger partial charge in [0, 0.05) is 13.1 Å². The van der Waals surface area contributed by atoms with Gasteiger partial charge in [-0.05, 0) is 53.4 Å². The second kappa shape index (κ2) is 5.76. The van der Waals surface area contributed by atoms with Crippen LogP contribution in [-0.2, 0) is 10.2 Å². The van der Waals surface area contributed by atoms with Crippen LogP contribution in [0.25, 0.3) is 0 Å². The van der Waals surface area contributed by atoms with Crippen molar-refractivity contribution in [3.8, 4) is 0 Å². The Morgan fingerprint density at radius 2 is 1.89 bits per heavy atom. The molecule has 0 unspecified atom stereocenters. The Morgan fingerprint density at radius 3 is 2.53 bits per heavy atom. The Morgan fingerprint density at radius 1 is 1.26 bits per heavy atom. The van der Waals surface area contributed by atoms with Crippen molar-refractivity contribution in [3.05, 3.63) is 28.0 Å². The molecular weight excluding hydrogens is 335 g/mol. The minimum Gasteiger partial charge on any atom is -0.271 e. The molecule has 0 radical (unpaired) electrons. The van der Waals surface area contributed by atoms with Crippen molar-refractivity contribution in [1.82, 2.24) is 4.31 Å². The van der Waals surface area contributed by atoms with Crippen LogP contribution in [0.4, 0.5) is 10.1 Å². The van der Waals surface area contributed by atoms with Crippen molar-refractivity contribution in [2.45, 2.75) is 26.2 Å². The zero-order valence-electron chi connectivity index (χ0n) is 10.6.